The van der Waals surface area contributed by atoms with Gasteiger partial charge in [-0.2, -0.15) is 0 Å². The Labute approximate surface area is 198 Å². The van der Waals surface area contributed by atoms with Gasteiger partial charge in [-0.15, -0.1) is 0 Å². The quantitative estimate of drug-likeness (QED) is 0.291. The monoisotopic (exact) mass is 433 g/mol. The molecule has 0 bridgehead atoms. The molecule has 3 atom stereocenters. The van der Waals surface area contributed by atoms with Gasteiger partial charge in [-0.3, -0.25) is 0 Å². The van der Waals surface area contributed by atoms with Gasteiger partial charge in [-0.05, 0) is 85.0 Å². The number of hydrogen-bond donors (Lipinski definition) is 1. The number of fused-ring (bicyclic) bond motifs is 2. The van der Waals surface area contributed by atoms with Crippen LogP contribution in [0.4, 0.5) is 0 Å². The number of benzene rings is 4. The van der Waals surface area contributed by atoms with Crippen molar-refractivity contribution in [2.75, 3.05) is 6.54 Å². The SMILES string of the molecule is Cc1cccc(C2CC(CCCN[C@H](C)c3cccc4ccccc34)Cc3ccccc32)c1. The van der Waals surface area contributed by atoms with Crippen LogP contribution in [0.3, 0.4) is 0 Å². The fraction of sp³-hybridized carbons (Fsp3) is 0.312. The van der Waals surface area contributed by atoms with Crippen molar-refractivity contribution in [3.63, 3.8) is 0 Å². The Morgan fingerprint density at radius 2 is 1.67 bits per heavy atom. The highest BCUT2D eigenvalue weighted by atomic mass is 14.9. The van der Waals surface area contributed by atoms with E-state index >= 15 is 0 Å². The first-order chi connectivity index (χ1) is 16.2. The van der Waals surface area contributed by atoms with Crippen LogP contribution >= 0.6 is 0 Å². The van der Waals surface area contributed by atoms with Crippen molar-refractivity contribution in [3.8, 4) is 0 Å². The van der Waals surface area contributed by atoms with Crippen molar-refractivity contribution in [3.05, 3.63) is 119 Å². The molecule has 1 nitrogen and oxygen atoms in total. The van der Waals surface area contributed by atoms with Gasteiger partial charge in [0.1, 0.15) is 0 Å². The lowest BCUT2D eigenvalue weighted by atomic mass is 9.72. The third-order valence-electron chi connectivity index (χ3n) is 7.48. The fourth-order valence-electron chi connectivity index (χ4n) is 5.78. The molecule has 0 saturated carbocycles. The maximum atomic E-state index is 3.80. The van der Waals surface area contributed by atoms with Gasteiger partial charge in [0.15, 0.2) is 0 Å². The highest BCUT2D eigenvalue weighted by Crippen LogP contribution is 2.40. The summed E-state index contributed by atoms with van der Waals surface area (Å²) < 4.78 is 0. The molecule has 168 valence electrons. The molecule has 5 rings (SSSR count). The highest BCUT2D eigenvalue weighted by molar-refractivity contribution is 5.86. The summed E-state index contributed by atoms with van der Waals surface area (Å²) in [6, 6.07) is 34.0. The molecule has 1 heteroatoms. The van der Waals surface area contributed by atoms with Crippen LogP contribution in [-0.4, -0.2) is 6.54 Å². The maximum Gasteiger partial charge on any atom is 0.0297 e. The predicted molar refractivity (Wildman–Crippen MR) is 141 cm³/mol. The summed E-state index contributed by atoms with van der Waals surface area (Å²) in [5, 5.41) is 6.49. The maximum absolute atomic E-state index is 3.80. The number of hydrogen-bond acceptors (Lipinski definition) is 1. The summed E-state index contributed by atoms with van der Waals surface area (Å²) in [6.07, 6.45) is 4.99. The van der Waals surface area contributed by atoms with Crippen molar-refractivity contribution in [1.82, 2.24) is 5.32 Å². The van der Waals surface area contributed by atoms with Gasteiger partial charge in [0.2, 0.25) is 0 Å². The fourth-order valence-corrected chi connectivity index (χ4v) is 5.78. The van der Waals surface area contributed by atoms with Gasteiger partial charge in [0.25, 0.3) is 0 Å². The molecule has 1 aliphatic carbocycles. The second kappa shape index (κ2) is 9.93. The van der Waals surface area contributed by atoms with Crippen molar-refractivity contribution in [1.29, 1.82) is 0 Å². The van der Waals surface area contributed by atoms with Gasteiger partial charge in [0.05, 0.1) is 0 Å². The molecule has 0 amide bonds. The molecule has 0 heterocycles. The second-order valence-electron chi connectivity index (χ2n) is 9.86. The zero-order chi connectivity index (χ0) is 22.6. The van der Waals surface area contributed by atoms with E-state index in [2.05, 4.69) is 110 Å². The first kappa shape index (κ1) is 21.9. The minimum absolute atomic E-state index is 0.364. The third kappa shape index (κ3) is 4.89. The minimum atomic E-state index is 0.364. The Hall–Kier alpha value is -2.90. The Morgan fingerprint density at radius 1 is 0.879 bits per heavy atom. The van der Waals surface area contributed by atoms with Crippen molar-refractivity contribution in [2.45, 2.75) is 51.5 Å². The van der Waals surface area contributed by atoms with Gasteiger partial charge in [0, 0.05) is 12.0 Å². The molecular formula is C32H35N. The van der Waals surface area contributed by atoms with E-state index in [0.29, 0.717) is 12.0 Å². The lowest BCUT2D eigenvalue weighted by molar-refractivity contribution is 0.383. The second-order valence-corrected chi connectivity index (χ2v) is 9.86. The zero-order valence-corrected chi connectivity index (χ0v) is 19.9. The van der Waals surface area contributed by atoms with Crippen LogP contribution in [0.25, 0.3) is 10.8 Å². The van der Waals surface area contributed by atoms with Crippen molar-refractivity contribution >= 4 is 10.8 Å². The average molecular weight is 434 g/mol. The Morgan fingerprint density at radius 3 is 2.58 bits per heavy atom. The molecule has 0 spiro atoms. The van der Waals surface area contributed by atoms with Crippen LogP contribution in [0.5, 0.6) is 0 Å². The van der Waals surface area contributed by atoms with Crippen LogP contribution in [0.2, 0.25) is 0 Å². The van der Waals surface area contributed by atoms with Crippen LogP contribution in [0.15, 0.2) is 91.0 Å². The van der Waals surface area contributed by atoms with Crippen LogP contribution < -0.4 is 5.32 Å². The highest BCUT2D eigenvalue weighted by Gasteiger charge is 2.27. The molecule has 0 fully saturated rings. The predicted octanol–water partition coefficient (Wildman–Crippen LogP) is 7.97. The smallest absolute Gasteiger partial charge is 0.0297 e. The van der Waals surface area contributed by atoms with Gasteiger partial charge in [-0.1, -0.05) is 96.6 Å². The largest absolute Gasteiger partial charge is 0.310 e. The standard InChI is InChI=1S/C32H35N/c1-23-10-7-15-27(20-23)32-22-25(21-28-13-4-6-17-31(28)32)11-9-19-33-24(2)29-18-8-14-26-12-3-5-16-30(26)29/h3-8,10,12-18,20,24-25,32-33H,9,11,19,21-22H2,1-2H3/t24-,25?,32?/m1/s1. The van der Waals surface area contributed by atoms with Crippen molar-refractivity contribution in [2.24, 2.45) is 5.92 Å². The van der Waals surface area contributed by atoms with E-state index < -0.39 is 0 Å². The normalized spacial score (nSPS) is 18.7. The van der Waals surface area contributed by atoms with E-state index in [1.165, 1.54) is 53.1 Å². The zero-order valence-electron chi connectivity index (χ0n) is 19.9. The Balaban J connectivity index is 1.22. The minimum Gasteiger partial charge on any atom is -0.310 e. The molecule has 0 saturated heterocycles. The molecule has 1 aliphatic rings. The van der Waals surface area contributed by atoms with Crippen molar-refractivity contribution < 1.29 is 0 Å². The first-order valence-corrected chi connectivity index (χ1v) is 12.5. The third-order valence-corrected chi connectivity index (χ3v) is 7.48. The summed E-state index contributed by atoms with van der Waals surface area (Å²) >= 11 is 0. The Kier molecular flexibility index (Phi) is 6.60. The van der Waals surface area contributed by atoms with Crippen LogP contribution in [-0.2, 0) is 6.42 Å². The average Bonchev–Trinajstić information content (AvgIpc) is 2.85. The van der Waals surface area contributed by atoms with E-state index in [4.69, 9.17) is 0 Å². The summed E-state index contributed by atoms with van der Waals surface area (Å²) in [6.45, 7) is 5.57. The first-order valence-electron chi connectivity index (χ1n) is 12.5. The summed E-state index contributed by atoms with van der Waals surface area (Å²) in [5.74, 6) is 1.28. The molecule has 0 radical (unpaired) electrons. The Bertz CT molecular complexity index is 1220. The lowest BCUT2D eigenvalue weighted by Gasteiger charge is -2.32. The molecule has 2 unspecified atom stereocenters. The summed E-state index contributed by atoms with van der Waals surface area (Å²) in [4.78, 5) is 0. The van der Waals surface area contributed by atoms with Gasteiger partial charge < -0.3 is 5.32 Å². The molecule has 0 aliphatic heterocycles. The number of aryl methyl sites for hydroxylation is 1. The number of rotatable bonds is 7. The van der Waals surface area contributed by atoms with Gasteiger partial charge >= 0.3 is 0 Å². The summed E-state index contributed by atoms with van der Waals surface area (Å²) in [5.41, 5.74) is 7.34. The van der Waals surface area contributed by atoms with Crippen LogP contribution in [0.1, 0.15) is 66.0 Å². The molecule has 33 heavy (non-hydrogen) atoms. The molecule has 4 aromatic carbocycles. The topological polar surface area (TPSA) is 12.0 Å². The van der Waals surface area contributed by atoms with E-state index in [0.717, 1.165) is 12.5 Å². The van der Waals surface area contributed by atoms with Gasteiger partial charge in [-0.25, -0.2) is 0 Å². The summed E-state index contributed by atoms with van der Waals surface area (Å²) in [7, 11) is 0. The van der Waals surface area contributed by atoms with E-state index in [1.807, 2.05) is 0 Å². The van der Waals surface area contributed by atoms with E-state index in [1.54, 1.807) is 11.1 Å². The lowest BCUT2D eigenvalue weighted by Crippen LogP contribution is -2.23. The number of nitrogens with one attached hydrogen (secondary N) is 1. The molecule has 1 N–H and O–H groups in total. The molecule has 4 aromatic rings. The molecular weight excluding hydrogens is 398 g/mol. The van der Waals surface area contributed by atoms with Crippen LogP contribution in [0, 0.1) is 12.8 Å². The van der Waals surface area contributed by atoms with E-state index in [9.17, 15) is 0 Å². The van der Waals surface area contributed by atoms with E-state index in [-0.39, 0.29) is 0 Å². The molecule has 0 aromatic heterocycles.